The number of nitrogens with one attached hydrogen (secondary N) is 2. The Bertz CT molecular complexity index is 475. The van der Waals surface area contributed by atoms with Crippen molar-refractivity contribution in [2.45, 2.75) is 62.0 Å². The average molecular weight is 298 g/mol. The SMILES string of the molecule is COC(=O)C(C)(CC(C)Sc1n[nH]c(C)n1)NC1CC1. The van der Waals surface area contributed by atoms with Crippen molar-refractivity contribution >= 4 is 17.7 Å². The lowest BCUT2D eigenvalue weighted by Crippen LogP contribution is -2.52. The van der Waals surface area contributed by atoms with Crippen LogP contribution >= 0.6 is 11.8 Å². The fraction of sp³-hybridized carbons (Fsp3) is 0.769. The number of aromatic nitrogens is 3. The third-order valence-electron chi connectivity index (χ3n) is 3.31. The average Bonchev–Trinajstić information content (AvgIpc) is 3.09. The maximum atomic E-state index is 12.1. The van der Waals surface area contributed by atoms with Crippen molar-refractivity contribution < 1.29 is 9.53 Å². The van der Waals surface area contributed by atoms with E-state index in [0.29, 0.717) is 17.6 Å². The van der Waals surface area contributed by atoms with Gasteiger partial charge in [0.2, 0.25) is 5.16 Å². The van der Waals surface area contributed by atoms with Gasteiger partial charge in [-0.3, -0.25) is 15.2 Å². The van der Waals surface area contributed by atoms with Gasteiger partial charge in [0, 0.05) is 11.3 Å². The Labute approximate surface area is 123 Å². The quantitative estimate of drug-likeness (QED) is 0.589. The van der Waals surface area contributed by atoms with Gasteiger partial charge in [-0.15, -0.1) is 5.10 Å². The molecule has 2 atom stereocenters. The van der Waals surface area contributed by atoms with Crippen molar-refractivity contribution in [2.24, 2.45) is 0 Å². The highest BCUT2D eigenvalue weighted by Crippen LogP contribution is 2.30. The van der Waals surface area contributed by atoms with E-state index in [-0.39, 0.29) is 11.2 Å². The van der Waals surface area contributed by atoms with Gasteiger partial charge in [-0.1, -0.05) is 18.7 Å². The van der Waals surface area contributed by atoms with Crippen LogP contribution in [0.3, 0.4) is 0 Å². The molecule has 1 saturated carbocycles. The molecule has 1 aliphatic rings. The Balaban J connectivity index is 1.97. The molecule has 1 heterocycles. The number of hydrogen-bond donors (Lipinski definition) is 2. The smallest absolute Gasteiger partial charge is 0.325 e. The fourth-order valence-electron chi connectivity index (χ4n) is 2.28. The van der Waals surface area contributed by atoms with E-state index in [9.17, 15) is 4.79 Å². The maximum absolute atomic E-state index is 12.1. The first-order valence-corrected chi connectivity index (χ1v) is 7.72. The molecule has 1 aromatic rings. The molecule has 7 heteroatoms. The Kier molecular flexibility index (Phi) is 4.70. The molecule has 2 rings (SSSR count). The van der Waals surface area contributed by atoms with E-state index in [2.05, 4.69) is 27.4 Å². The summed E-state index contributed by atoms with van der Waals surface area (Å²) in [6.45, 7) is 5.86. The Morgan fingerprint density at radius 1 is 1.65 bits per heavy atom. The van der Waals surface area contributed by atoms with E-state index in [0.717, 1.165) is 18.7 Å². The monoisotopic (exact) mass is 298 g/mol. The number of rotatable bonds is 7. The van der Waals surface area contributed by atoms with Gasteiger partial charge in [0.15, 0.2) is 0 Å². The Morgan fingerprint density at radius 2 is 2.35 bits per heavy atom. The number of ether oxygens (including phenoxy) is 1. The maximum Gasteiger partial charge on any atom is 0.325 e. The molecule has 0 aliphatic heterocycles. The van der Waals surface area contributed by atoms with Gasteiger partial charge in [0.25, 0.3) is 0 Å². The lowest BCUT2D eigenvalue weighted by Gasteiger charge is -2.30. The number of esters is 1. The Morgan fingerprint density at radius 3 is 2.85 bits per heavy atom. The van der Waals surface area contributed by atoms with Crippen LogP contribution in [0.1, 0.15) is 38.9 Å². The molecular weight excluding hydrogens is 276 g/mol. The van der Waals surface area contributed by atoms with E-state index in [1.54, 1.807) is 11.8 Å². The van der Waals surface area contributed by atoms with Crippen LogP contribution in [0, 0.1) is 6.92 Å². The van der Waals surface area contributed by atoms with Crippen molar-refractivity contribution in [2.75, 3.05) is 7.11 Å². The second-order valence-corrected chi connectivity index (χ2v) is 6.98. The van der Waals surface area contributed by atoms with Crippen molar-refractivity contribution in [1.29, 1.82) is 0 Å². The number of carbonyl (C=O) groups is 1. The summed E-state index contributed by atoms with van der Waals surface area (Å²) in [5.74, 6) is 0.592. The van der Waals surface area contributed by atoms with Gasteiger partial charge in [-0.2, -0.15) is 0 Å². The van der Waals surface area contributed by atoms with Crippen molar-refractivity contribution in [3.63, 3.8) is 0 Å². The summed E-state index contributed by atoms with van der Waals surface area (Å²) in [5.41, 5.74) is -0.645. The number of nitrogens with zero attached hydrogens (tertiary/aromatic N) is 2. The topological polar surface area (TPSA) is 79.9 Å². The molecule has 1 fully saturated rings. The molecule has 2 unspecified atom stereocenters. The number of H-pyrrole nitrogens is 1. The normalized spacial score (nSPS) is 19.4. The van der Waals surface area contributed by atoms with Gasteiger partial charge in [-0.05, 0) is 33.1 Å². The highest BCUT2D eigenvalue weighted by Gasteiger charge is 2.40. The first-order chi connectivity index (χ1) is 9.43. The van der Waals surface area contributed by atoms with Crippen LogP contribution in [0.25, 0.3) is 0 Å². The predicted molar refractivity (Wildman–Crippen MR) is 77.6 cm³/mol. The van der Waals surface area contributed by atoms with Gasteiger partial charge in [0.1, 0.15) is 11.4 Å². The molecule has 1 aliphatic carbocycles. The zero-order valence-corrected chi connectivity index (χ0v) is 13.2. The third kappa shape index (κ3) is 3.96. The number of carbonyl (C=O) groups excluding carboxylic acids is 1. The summed E-state index contributed by atoms with van der Waals surface area (Å²) in [6.07, 6.45) is 2.94. The molecule has 0 aromatic carbocycles. The summed E-state index contributed by atoms with van der Waals surface area (Å²) >= 11 is 1.57. The van der Waals surface area contributed by atoms with Gasteiger partial charge >= 0.3 is 5.97 Å². The molecule has 1 aromatic heterocycles. The van der Waals surface area contributed by atoms with Crippen LogP contribution in [0.2, 0.25) is 0 Å². The molecule has 112 valence electrons. The zero-order valence-electron chi connectivity index (χ0n) is 12.4. The standard InChI is InChI=1S/C13H22N4O2S/c1-8(20-12-14-9(2)16-17-12)7-13(3,11(18)19-4)15-10-5-6-10/h8,10,15H,5-7H2,1-4H3,(H,14,16,17). The molecule has 2 N–H and O–H groups in total. The number of aryl methyl sites for hydroxylation is 1. The minimum Gasteiger partial charge on any atom is -0.468 e. The van der Waals surface area contributed by atoms with Crippen LogP contribution in [0.4, 0.5) is 0 Å². The minimum absolute atomic E-state index is 0.206. The van der Waals surface area contributed by atoms with Crippen LogP contribution in [0.15, 0.2) is 5.16 Å². The number of aromatic amines is 1. The van der Waals surface area contributed by atoms with E-state index >= 15 is 0 Å². The second kappa shape index (κ2) is 6.13. The molecule has 20 heavy (non-hydrogen) atoms. The molecule has 6 nitrogen and oxygen atoms in total. The van der Waals surface area contributed by atoms with E-state index in [4.69, 9.17) is 4.74 Å². The summed E-state index contributed by atoms with van der Waals surface area (Å²) in [4.78, 5) is 16.3. The fourth-order valence-corrected chi connectivity index (χ4v) is 3.34. The summed E-state index contributed by atoms with van der Waals surface area (Å²) in [7, 11) is 1.44. The molecule has 0 radical (unpaired) electrons. The lowest BCUT2D eigenvalue weighted by atomic mass is 9.96. The van der Waals surface area contributed by atoms with Crippen molar-refractivity contribution in [3.05, 3.63) is 5.82 Å². The molecule has 0 bridgehead atoms. The van der Waals surface area contributed by atoms with Crippen LogP contribution in [0.5, 0.6) is 0 Å². The van der Waals surface area contributed by atoms with Crippen molar-refractivity contribution in [1.82, 2.24) is 20.5 Å². The Hall–Kier alpha value is -1.08. The van der Waals surface area contributed by atoms with Crippen LogP contribution < -0.4 is 5.32 Å². The third-order valence-corrected chi connectivity index (χ3v) is 4.28. The summed E-state index contributed by atoms with van der Waals surface area (Å²) in [6, 6.07) is 0.446. The number of methoxy groups -OCH3 is 1. The van der Waals surface area contributed by atoms with Gasteiger partial charge in [0.05, 0.1) is 7.11 Å². The molecule has 0 amide bonds. The highest BCUT2D eigenvalue weighted by molar-refractivity contribution is 7.99. The van der Waals surface area contributed by atoms with Gasteiger partial charge in [-0.25, -0.2) is 4.98 Å². The van der Waals surface area contributed by atoms with E-state index in [1.165, 1.54) is 7.11 Å². The van der Waals surface area contributed by atoms with Gasteiger partial charge < -0.3 is 4.74 Å². The lowest BCUT2D eigenvalue weighted by molar-refractivity contribution is -0.148. The summed E-state index contributed by atoms with van der Waals surface area (Å²) in [5, 5.41) is 11.3. The minimum atomic E-state index is -0.645. The van der Waals surface area contributed by atoms with Crippen LogP contribution in [-0.2, 0) is 9.53 Å². The number of thioether (sulfide) groups is 1. The molecule has 0 spiro atoms. The zero-order chi connectivity index (χ0) is 14.8. The van der Waals surface area contributed by atoms with Crippen LogP contribution in [-0.4, -0.2) is 45.1 Å². The highest BCUT2D eigenvalue weighted by atomic mass is 32.2. The predicted octanol–water partition coefficient (Wildman–Crippen LogP) is 1.67. The largest absolute Gasteiger partial charge is 0.468 e. The van der Waals surface area contributed by atoms with E-state index < -0.39 is 5.54 Å². The first-order valence-electron chi connectivity index (χ1n) is 6.85. The van der Waals surface area contributed by atoms with E-state index in [1.807, 2.05) is 13.8 Å². The second-order valence-electron chi connectivity index (χ2n) is 5.58. The number of hydrogen-bond acceptors (Lipinski definition) is 6. The molecule has 0 saturated heterocycles. The molecular formula is C13H22N4O2S. The summed E-state index contributed by atoms with van der Waals surface area (Å²) < 4.78 is 4.95. The van der Waals surface area contributed by atoms with Crippen molar-refractivity contribution in [3.8, 4) is 0 Å². The first kappa shape index (κ1) is 15.3.